The van der Waals surface area contributed by atoms with E-state index in [1.165, 1.54) is 31.5 Å². The van der Waals surface area contributed by atoms with Crippen LogP contribution >= 0.6 is 0 Å². The first-order valence-electron chi connectivity index (χ1n) is 8.74. The lowest BCUT2D eigenvalue weighted by molar-refractivity contribution is 0.159. The highest BCUT2D eigenvalue weighted by Gasteiger charge is 2.32. The van der Waals surface area contributed by atoms with Crippen LogP contribution in [0.2, 0.25) is 0 Å². The number of aromatic nitrogens is 3. The number of nitrogens with one attached hydrogen (secondary N) is 1. The molecule has 4 nitrogen and oxygen atoms in total. The molecule has 2 aliphatic rings. The van der Waals surface area contributed by atoms with Crippen LogP contribution in [0.5, 0.6) is 0 Å². The predicted octanol–water partition coefficient (Wildman–Crippen LogP) is 3.34. The Morgan fingerprint density at radius 3 is 2.76 bits per heavy atom. The van der Waals surface area contributed by atoms with Gasteiger partial charge in [-0.2, -0.15) is 0 Å². The molecule has 1 aromatic rings. The van der Waals surface area contributed by atoms with Gasteiger partial charge in [0.05, 0.1) is 6.04 Å². The molecule has 118 valence electrons. The summed E-state index contributed by atoms with van der Waals surface area (Å²) >= 11 is 0. The van der Waals surface area contributed by atoms with E-state index in [0.717, 1.165) is 36.5 Å². The minimum atomic E-state index is 0.306. The third kappa shape index (κ3) is 3.01. The largest absolute Gasteiger partial charge is 0.314 e. The standard InChI is InChI=1S/C17H30N4/c1-11(2)14-8-7-12(3)10-15(14)18-13(4)17-20-19-16-6-5-9-21(16)17/h11-15,18H,5-10H2,1-4H3. The number of hydrogen-bond acceptors (Lipinski definition) is 3. The highest BCUT2D eigenvalue weighted by Crippen LogP contribution is 2.34. The van der Waals surface area contributed by atoms with E-state index in [1.807, 2.05) is 0 Å². The van der Waals surface area contributed by atoms with Crippen molar-refractivity contribution in [3.8, 4) is 0 Å². The summed E-state index contributed by atoms with van der Waals surface area (Å²) in [6.45, 7) is 10.5. The van der Waals surface area contributed by atoms with Crippen LogP contribution in [0.4, 0.5) is 0 Å². The Labute approximate surface area is 128 Å². The zero-order valence-corrected chi connectivity index (χ0v) is 14.0. The van der Waals surface area contributed by atoms with Crippen molar-refractivity contribution in [3.63, 3.8) is 0 Å². The van der Waals surface area contributed by atoms with Gasteiger partial charge in [-0.15, -0.1) is 10.2 Å². The first-order valence-corrected chi connectivity index (χ1v) is 8.74. The Hall–Kier alpha value is -0.900. The quantitative estimate of drug-likeness (QED) is 0.925. The third-order valence-electron chi connectivity index (χ3n) is 5.51. The van der Waals surface area contributed by atoms with Crippen LogP contribution in [-0.4, -0.2) is 20.8 Å². The van der Waals surface area contributed by atoms with Crippen LogP contribution < -0.4 is 5.32 Å². The summed E-state index contributed by atoms with van der Waals surface area (Å²) in [5, 5.41) is 12.7. The van der Waals surface area contributed by atoms with Gasteiger partial charge in [0.15, 0.2) is 0 Å². The van der Waals surface area contributed by atoms with Gasteiger partial charge in [0.1, 0.15) is 11.6 Å². The Balaban J connectivity index is 1.71. The first kappa shape index (κ1) is 15.0. The molecule has 0 bridgehead atoms. The van der Waals surface area contributed by atoms with E-state index < -0.39 is 0 Å². The van der Waals surface area contributed by atoms with Gasteiger partial charge in [-0.1, -0.05) is 27.2 Å². The first-order chi connectivity index (χ1) is 10.1. The number of fused-ring (bicyclic) bond motifs is 1. The summed E-state index contributed by atoms with van der Waals surface area (Å²) in [4.78, 5) is 0. The Bertz CT molecular complexity index is 479. The van der Waals surface area contributed by atoms with Crippen LogP contribution in [0.25, 0.3) is 0 Å². The molecule has 1 fully saturated rings. The van der Waals surface area contributed by atoms with E-state index in [9.17, 15) is 0 Å². The van der Waals surface area contributed by atoms with Crippen molar-refractivity contribution >= 4 is 0 Å². The number of rotatable bonds is 4. The molecule has 4 atom stereocenters. The highest BCUT2D eigenvalue weighted by molar-refractivity contribution is 5.05. The molecule has 0 saturated heterocycles. The van der Waals surface area contributed by atoms with Gasteiger partial charge < -0.3 is 9.88 Å². The predicted molar refractivity (Wildman–Crippen MR) is 85.0 cm³/mol. The molecule has 3 rings (SSSR count). The monoisotopic (exact) mass is 290 g/mol. The second kappa shape index (κ2) is 6.07. The molecule has 1 aliphatic heterocycles. The molecule has 1 N–H and O–H groups in total. The molecule has 0 radical (unpaired) electrons. The summed E-state index contributed by atoms with van der Waals surface area (Å²) in [5.74, 6) is 4.71. The molecule has 21 heavy (non-hydrogen) atoms. The van der Waals surface area contributed by atoms with Crippen molar-refractivity contribution in [1.82, 2.24) is 20.1 Å². The topological polar surface area (TPSA) is 42.7 Å². The van der Waals surface area contributed by atoms with E-state index in [0.29, 0.717) is 12.1 Å². The minimum absolute atomic E-state index is 0.306. The van der Waals surface area contributed by atoms with Gasteiger partial charge in [0, 0.05) is 19.0 Å². The van der Waals surface area contributed by atoms with E-state index in [-0.39, 0.29) is 0 Å². The second-order valence-corrected chi connectivity index (χ2v) is 7.55. The lowest BCUT2D eigenvalue weighted by atomic mass is 9.74. The van der Waals surface area contributed by atoms with Crippen LogP contribution in [0.15, 0.2) is 0 Å². The maximum Gasteiger partial charge on any atom is 0.149 e. The SMILES string of the molecule is CC1CCC(C(C)C)C(NC(C)c2nnc3n2CCC3)C1. The molecule has 4 heteroatoms. The van der Waals surface area contributed by atoms with Crippen molar-refractivity contribution in [3.05, 3.63) is 11.6 Å². The zero-order valence-electron chi connectivity index (χ0n) is 14.0. The summed E-state index contributed by atoms with van der Waals surface area (Å²) in [7, 11) is 0. The summed E-state index contributed by atoms with van der Waals surface area (Å²) in [6.07, 6.45) is 6.36. The van der Waals surface area contributed by atoms with E-state index >= 15 is 0 Å². The average Bonchev–Trinajstić information content (AvgIpc) is 3.00. The summed E-state index contributed by atoms with van der Waals surface area (Å²) in [5.41, 5.74) is 0. The molecule has 0 aromatic carbocycles. The van der Waals surface area contributed by atoms with E-state index in [4.69, 9.17) is 0 Å². The van der Waals surface area contributed by atoms with Crippen molar-refractivity contribution in [2.45, 2.75) is 78.4 Å². The number of aryl methyl sites for hydroxylation is 1. The van der Waals surface area contributed by atoms with Gasteiger partial charge in [-0.3, -0.25) is 0 Å². The molecule has 1 saturated carbocycles. The van der Waals surface area contributed by atoms with Crippen LogP contribution in [-0.2, 0) is 13.0 Å². The lowest BCUT2D eigenvalue weighted by Gasteiger charge is -2.39. The Kier molecular flexibility index (Phi) is 4.34. The van der Waals surface area contributed by atoms with Crippen LogP contribution in [0.3, 0.4) is 0 Å². The van der Waals surface area contributed by atoms with E-state index in [1.54, 1.807) is 0 Å². The van der Waals surface area contributed by atoms with Gasteiger partial charge in [0.25, 0.3) is 0 Å². The number of hydrogen-bond donors (Lipinski definition) is 1. The van der Waals surface area contributed by atoms with Gasteiger partial charge in [0.2, 0.25) is 0 Å². The molecule has 2 heterocycles. The van der Waals surface area contributed by atoms with Crippen molar-refractivity contribution < 1.29 is 0 Å². The third-order valence-corrected chi connectivity index (χ3v) is 5.51. The van der Waals surface area contributed by atoms with E-state index in [2.05, 4.69) is 47.8 Å². The molecule has 1 aromatic heterocycles. The van der Waals surface area contributed by atoms with Crippen molar-refractivity contribution in [1.29, 1.82) is 0 Å². The summed E-state index contributed by atoms with van der Waals surface area (Å²) in [6, 6.07) is 0.930. The summed E-state index contributed by atoms with van der Waals surface area (Å²) < 4.78 is 2.33. The fourth-order valence-electron chi connectivity index (χ4n) is 4.28. The molecule has 0 amide bonds. The van der Waals surface area contributed by atoms with Gasteiger partial charge in [-0.25, -0.2) is 0 Å². The Morgan fingerprint density at radius 2 is 2.00 bits per heavy atom. The number of nitrogens with zero attached hydrogens (tertiary/aromatic N) is 3. The molecular weight excluding hydrogens is 260 g/mol. The van der Waals surface area contributed by atoms with Crippen molar-refractivity contribution in [2.24, 2.45) is 17.8 Å². The lowest BCUT2D eigenvalue weighted by Crippen LogP contribution is -2.44. The van der Waals surface area contributed by atoms with Crippen LogP contribution in [0.1, 0.15) is 71.1 Å². The van der Waals surface area contributed by atoms with Gasteiger partial charge >= 0.3 is 0 Å². The van der Waals surface area contributed by atoms with Gasteiger partial charge in [-0.05, 0) is 43.9 Å². The maximum absolute atomic E-state index is 4.44. The molecular formula is C17H30N4. The molecule has 0 spiro atoms. The highest BCUT2D eigenvalue weighted by atomic mass is 15.3. The molecule has 1 aliphatic carbocycles. The Morgan fingerprint density at radius 1 is 1.19 bits per heavy atom. The normalized spacial score (nSPS) is 30.6. The molecule has 4 unspecified atom stereocenters. The average molecular weight is 290 g/mol. The minimum Gasteiger partial charge on any atom is -0.314 e. The second-order valence-electron chi connectivity index (χ2n) is 7.55. The van der Waals surface area contributed by atoms with Crippen LogP contribution in [0, 0.1) is 17.8 Å². The maximum atomic E-state index is 4.44. The fraction of sp³-hybridized carbons (Fsp3) is 0.882. The fourth-order valence-corrected chi connectivity index (χ4v) is 4.28. The smallest absolute Gasteiger partial charge is 0.149 e. The zero-order chi connectivity index (χ0) is 15.0. The van der Waals surface area contributed by atoms with Crippen molar-refractivity contribution in [2.75, 3.05) is 0 Å².